The zero-order chi connectivity index (χ0) is 13.9. The summed E-state index contributed by atoms with van der Waals surface area (Å²) in [6.07, 6.45) is 2.27. The molecule has 1 aromatic carbocycles. The quantitative estimate of drug-likeness (QED) is 0.834. The Bertz CT molecular complexity index is 645. The molecule has 1 aliphatic heterocycles. The van der Waals surface area contributed by atoms with Crippen molar-refractivity contribution in [2.45, 2.75) is 19.0 Å². The molecule has 20 heavy (non-hydrogen) atoms. The van der Waals surface area contributed by atoms with Gasteiger partial charge in [-0.05, 0) is 29.7 Å². The second kappa shape index (κ2) is 5.61. The Kier molecular flexibility index (Phi) is 3.67. The lowest BCUT2D eigenvalue weighted by molar-refractivity contribution is -0.118. The van der Waals surface area contributed by atoms with Gasteiger partial charge in [-0.2, -0.15) is 0 Å². The van der Waals surface area contributed by atoms with Crippen LogP contribution in [0.3, 0.4) is 0 Å². The number of hydrogen-bond acceptors (Lipinski definition) is 3. The average Bonchev–Trinajstić information content (AvgIpc) is 2.49. The van der Waals surface area contributed by atoms with E-state index in [0.29, 0.717) is 23.8 Å². The highest BCUT2D eigenvalue weighted by Crippen LogP contribution is 2.20. The van der Waals surface area contributed by atoms with Crippen molar-refractivity contribution >= 4 is 23.2 Å². The first-order chi connectivity index (χ1) is 9.74. The predicted octanol–water partition coefficient (Wildman–Crippen LogP) is 2.39. The Hall–Kier alpha value is -1.91. The van der Waals surface area contributed by atoms with Crippen LogP contribution < -0.4 is 10.6 Å². The summed E-state index contributed by atoms with van der Waals surface area (Å²) in [5, 5.41) is 6.36. The van der Waals surface area contributed by atoms with Crippen molar-refractivity contribution in [3.63, 3.8) is 0 Å². The number of benzene rings is 1. The first kappa shape index (κ1) is 13.1. The summed E-state index contributed by atoms with van der Waals surface area (Å²) in [7, 11) is 0. The van der Waals surface area contributed by atoms with E-state index in [9.17, 15) is 4.79 Å². The molecule has 0 saturated carbocycles. The summed E-state index contributed by atoms with van der Waals surface area (Å²) < 4.78 is 0. The Balaban J connectivity index is 1.72. The Morgan fingerprint density at radius 3 is 2.85 bits per heavy atom. The van der Waals surface area contributed by atoms with Crippen LogP contribution in [0, 0.1) is 0 Å². The first-order valence-electron chi connectivity index (χ1n) is 6.45. The fourth-order valence-electron chi connectivity index (χ4n) is 2.34. The van der Waals surface area contributed by atoms with Crippen LogP contribution >= 0.6 is 11.6 Å². The van der Waals surface area contributed by atoms with Crippen LogP contribution in [-0.4, -0.2) is 16.9 Å². The van der Waals surface area contributed by atoms with Gasteiger partial charge >= 0.3 is 0 Å². The van der Waals surface area contributed by atoms with Gasteiger partial charge in [-0.15, -0.1) is 0 Å². The highest BCUT2D eigenvalue weighted by Gasteiger charge is 2.24. The van der Waals surface area contributed by atoms with Crippen LogP contribution in [-0.2, 0) is 17.8 Å². The molecule has 4 nitrogen and oxygen atoms in total. The van der Waals surface area contributed by atoms with Crippen molar-refractivity contribution in [3.8, 4) is 0 Å². The van der Waals surface area contributed by atoms with Gasteiger partial charge in [0, 0.05) is 12.7 Å². The second-order valence-electron chi connectivity index (χ2n) is 4.74. The lowest BCUT2D eigenvalue weighted by atomic mass is 9.95. The molecule has 5 heteroatoms. The van der Waals surface area contributed by atoms with Crippen molar-refractivity contribution in [3.05, 3.63) is 58.9 Å². The molecule has 0 saturated heterocycles. The van der Waals surface area contributed by atoms with Crippen molar-refractivity contribution in [2.24, 2.45) is 0 Å². The highest BCUT2D eigenvalue weighted by molar-refractivity contribution is 6.32. The molecule has 0 fully saturated rings. The average molecular weight is 288 g/mol. The molecule has 0 radical (unpaired) electrons. The Labute approximate surface area is 122 Å². The highest BCUT2D eigenvalue weighted by atomic mass is 35.5. The Morgan fingerprint density at radius 2 is 2.05 bits per heavy atom. The van der Waals surface area contributed by atoms with E-state index in [1.165, 1.54) is 11.1 Å². The molecule has 2 aromatic rings. The number of aromatic nitrogens is 1. The van der Waals surface area contributed by atoms with E-state index < -0.39 is 0 Å². The molecule has 1 unspecified atom stereocenters. The molecule has 102 valence electrons. The third-order valence-electron chi connectivity index (χ3n) is 3.41. The second-order valence-corrected chi connectivity index (χ2v) is 5.10. The van der Waals surface area contributed by atoms with Gasteiger partial charge in [-0.3, -0.25) is 4.79 Å². The maximum Gasteiger partial charge on any atom is 0.241 e. The van der Waals surface area contributed by atoms with Crippen molar-refractivity contribution in [1.29, 1.82) is 0 Å². The van der Waals surface area contributed by atoms with Crippen LogP contribution in [0.25, 0.3) is 0 Å². The van der Waals surface area contributed by atoms with Gasteiger partial charge in [0.05, 0.1) is 11.7 Å². The molecule has 2 heterocycles. The molecule has 1 aliphatic rings. The number of rotatable bonds is 2. The fraction of sp³-hybridized carbons (Fsp3) is 0.200. The SMILES string of the molecule is O=C(Nc1cccnc1Cl)C1Cc2ccccc2CN1. The number of anilines is 1. The predicted molar refractivity (Wildman–Crippen MR) is 78.7 cm³/mol. The first-order valence-corrected chi connectivity index (χ1v) is 6.83. The van der Waals surface area contributed by atoms with E-state index >= 15 is 0 Å². The van der Waals surface area contributed by atoms with Crippen LogP contribution in [0.15, 0.2) is 42.6 Å². The van der Waals surface area contributed by atoms with E-state index in [1.807, 2.05) is 12.1 Å². The number of carbonyl (C=O) groups excluding carboxylic acids is 1. The smallest absolute Gasteiger partial charge is 0.241 e. The van der Waals surface area contributed by atoms with E-state index in [4.69, 9.17) is 11.6 Å². The van der Waals surface area contributed by atoms with Crippen molar-refractivity contribution in [2.75, 3.05) is 5.32 Å². The lowest BCUT2D eigenvalue weighted by Gasteiger charge is -2.25. The number of pyridine rings is 1. The standard InChI is InChI=1S/C15H14ClN3O/c16-14-12(6-3-7-17-14)19-15(20)13-8-10-4-1-2-5-11(10)9-18-13/h1-7,13,18H,8-9H2,(H,19,20). The summed E-state index contributed by atoms with van der Waals surface area (Å²) in [6.45, 7) is 0.703. The molecule has 1 amide bonds. The van der Waals surface area contributed by atoms with Crippen molar-refractivity contribution in [1.82, 2.24) is 10.3 Å². The Morgan fingerprint density at radius 1 is 1.25 bits per heavy atom. The van der Waals surface area contributed by atoms with Crippen LogP contribution in [0.1, 0.15) is 11.1 Å². The summed E-state index contributed by atoms with van der Waals surface area (Å²) >= 11 is 5.94. The number of nitrogens with zero attached hydrogens (tertiary/aromatic N) is 1. The van der Waals surface area contributed by atoms with Gasteiger partial charge in [0.2, 0.25) is 5.91 Å². The minimum absolute atomic E-state index is 0.0885. The number of carbonyl (C=O) groups is 1. The van der Waals surface area contributed by atoms with Crippen LogP contribution in [0.2, 0.25) is 5.15 Å². The number of nitrogens with one attached hydrogen (secondary N) is 2. The fourth-order valence-corrected chi connectivity index (χ4v) is 2.51. The van der Waals surface area contributed by atoms with Crippen LogP contribution in [0.4, 0.5) is 5.69 Å². The van der Waals surface area contributed by atoms with Gasteiger partial charge in [0.25, 0.3) is 0 Å². The number of halogens is 1. The number of hydrogen-bond donors (Lipinski definition) is 2. The minimum atomic E-state index is -0.249. The van der Waals surface area contributed by atoms with E-state index in [-0.39, 0.29) is 11.9 Å². The topological polar surface area (TPSA) is 54.0 Å². The molecule has 1 aromatic heterocycles. The van der Waals surface area contributed by atoms with Gasteiger partial charge in [-0.1, -0.05) is 35.9 Å². The third kappa shape index (κ3) is 2.66. The number of fused-ring (bicyclic) bond motifs is 1. The van der Waals surface area contributed by atoms with Gasteiger partial charge in [0.1, 0.15) is 0 Å². The lowest BCUT2D eigenvalue weighted by Crippen LogP contribution is -2.44. The molecular weight excluding hydrogens is 274 g/mol. The van der Waals surface area contributed by atoms with Crippen molar-refractivity contribution < 1.29 is 4.79 Å². The molecule has 2 N–H and O–H groups in total. The van der Waals surface area contributed by atoms with Gasteiger partial charge in [-0.25, -0.2) is 4.98 Å². The summed E-state index contributed by atoms with van der Waals surface area (Å²) in [4.78, 5) is 16.2. The van der Waals surface area contributed by atoms with Gasteiger partial charge < -0.3 is 10.6 Å². The van der Waals surface area contributed by atoms with E-state index in [2.05, 4.69) is 27.8 Å². The molecular formula is C15H14ClN3O. The van der Waals surface area contributed by atoms with E-state index in [1.54, 1.807) is 18.3 Å². The largest absolute Gasteiger partial charge is 0.322 e. The molecule has 3 rings (SSSR count). The zero-order valence-electron chi connectivity index (χ0n) is 10.8. The number of amides is 1. The summed E-state index contributed by atoms with van der Waals surface area (Å²) in [5.41, 5.74) is 3.00. The van der Waals surface area contributed by atoms with Crippen LogP contribution in [0.5, 0.6) is 0 Å². The summed E-state index contributed by atoms with van der Waals surface area (Å²) in [5.74, 6) is -0.0885. The summed E-state index contributed by atoms with van der Waals surface area (Å²) in [6, 6.07) is 11.4. The molecule has 0 bridgehead atoms. The maximum absolute atomic E-state index is 12.3. The monoisotopic (exact) mass is 287 g/mol. The maximum atomic E-state index is 12.3. The molecule has 1 atom stereocenters. The van der Waals surface area contributed by atoms with Gasteiger partial charge in [0.15, 0.2) is 5.15 Å². The third-order valence-corrected chi connectivity index (χ3v) is 3.72. The molecule has 0 spiro atoms. The normalized spacial score (nSPS) is 17.4. The van der Waals surface area contributed by atoms with E-state index in [0.717, 1.165) is 0 Å². The minimum Gasteiger partial charge on any atom is -0.322 e. The molecule has 0 aliphatic carbocycles. The zero-order valence-corrected chi connectivity index (χ0v) is 11.5.